The lowest BCUT2D eigenvalue weighted by Gasteiger charge is -2.19. The van der Waals surface area contributed by atoms with Crippen LogP contribution >= 0.6 is 0 Å². The van der Waals surface area contributed by atoms with Gasteiger partial charge in [-0.1, -0.05) is 24.3 Å². The first-order chi connectivity index (χ1) is 15.0. The predicted octanol–water partition coefficient (Wildman–Crippen LogP) is 3.50. The molecule has 0 amide bonds. The summed E-state index contributed by atoms with van der Waals surface area (Å²) >= 11 is 0. The summed E-state index contributed by atoms with van der Waals surface area (Å²) in [6.45, 7) is 0. The highest BCUT2D eigenvalue weighted by atomic mass is 16.5. The Morgan fingerprint density at radius 2 is 1.87 bits per heavy atom. The number of para-hydroxylation sites is 1. The van der Waals surface area contributed by atoms with Gasteiger partial charge in [0.05, 0.1) is 24.0 Å². The van der Waals surface area contributed by atoms with E-state index in [9.17, 15) is 4.79 Å². The summed E-state index contributed by atoms with van der Waals surface area (Å²) in [4.78, 5) is 18.2. The van der Waals surface area contributed by atoms with Crippen LogP contribution in [-0.4, -0.2) is 34.9 Å². The zero-order chi connectivity index (χ0) is 22.0. The highest BCUT2D eigenvalue weighted by Crippen LogP contribution is 2.31. The van der Waals surface area contributed by atoms with Gasteiger partial charge in [-0.2, -0.15) is 5.10 Å². The molecule has 2 aromatic heterocycles. The van der Waals surface area contributed by atoms with Crippen LogP contribution in [0.2, 0.25) is 0 Å². The first kappa shape index (κ1) is 20.0. The van der Waals surface area contributed by atoms with Crippen molar-refractivity contribution in [2.45, 2.75) is 0 Å². The molecule has 154 valence electrons. The molecule has 0 atom stereocenters. The van der Waals surface area contributed by atoms with E-state index in [-0.39, 0.29) is 11.3 Å². The minimum absolute atomic E-state index is 0.192. The smallest absolute Gasteiger partial charge is 0.340 e. The van der Waals surface area contributed by atoms with Gasteiger partial charge in [0.15, 0.2) is 0 Å². The second-order valence-corrected chi connectivity index (χ2v) is 6.90. The minimum Gasteiger partial charge on any atom is -0.465 e. The van der Waals surface area contributed by atoms with Gasteiger partial charge in [0.25, 0.3) is 0 Å². The average Bonchev–Trinajstić information content (AvgIpc) is 3.13. The molecular formula is C24H21N5O2. The van der Waals surface area contributed by atoms with E-state index in [1.807, 2.05) is 62.6 Å². The molecule has 2 heterocycles. The largest absolute Gasteiger partial charge is 0.465 e. The molecule has 0 fully saturated rings. The Balaban J connectivity index is 1.78. The van der Waals surface area contributed by atoms with Crippen LogP contribution < -0.4 is 10.6 Å². The van der Waals surface area contributed by atoms with Gasteiger partial charge < -0.3 is 15.4 Å². The summed E-state index contributed by atoms with van der Waals surface area (Å²) in [7, 11) is 5.16. The number of benzene rings is 2. The molecule has 4 aromatic rings. The number of esters is 1. The minimum atomic E-state index is -0.525. The fourth-order valence-electron chi connectivity index (χ4n) is 3.39. The van der Waals surface area contributed by atoms with Crippen molar-refractivity contribution in [1.29, 1.82) is 0 Å². The summed E-state index contributed by atoms with van der Waals surface area (Å²) in [5, 5.41) is 5.61. The van der Waals surface area contributed by atoms with E-state index in [2.05, 4.69) is 21.7 Å². The zero-order valence-electron chi connectivity index (χ0n) is 17.5. The Labute approximate surface area is 180 Å². The molecule has 0 spiro atoms. The molecule has 2 aromatic carbocycles. The predicted molar refractivity (Wildman–Crippen MR) is 121 cm³/mol. The van der Waals surface area contributed by atoms with E-state index in [1.165, 1.54) is 19.4 Å². The molecule has 2 N–H and O–H groups in total. The van der Waals surface area contributed by atoms with Crippen LogP contribution in [-0.2, 0) is 11.8 Å². The lowest BCUT2D eigenvalue weighted by atomic mass is 10.1. The second-order valence-electron chi connectivity index (χ2n) is 6.90. The Morgan fingerprint density at radius 3 is 2.61 bits per heavy atom. The number of hydrogen-bond donors (Lipinski definition) is 1. The quantitative estimate of drug-likeness (QED) is 0.410. The molecule has 31 heavy (non-hydrogen) atoms. The van der Waals surface area contributed by atoms with Crippen molar-refractivity contribution in [3.63, 3.8) is 0 Å². The van der Waals surface area contributed by atoms with Crippen LogP contribution in [0.5, 0.6) is 0 Å². The number of carbonyl (C=O) groups is 1. The number of carbonyl (C=O) groups excluding carboxylic acids is 1. The molecule has 0 aliphatic rings. The van der Waals surface area contributed by atoms with Gasteiger partial charge in [0, 0.05) is 31.4 Å². The number of ether oxygens (including phenoxy) is 1. The lowest BCUT2D eigenvalue weighted by molar-refractivity contribution is 0.0602. The molecular weight excluding hydrogens is 390 g/mol. The van der Waals surface area contributed by atoms with Gasteiger partial charge in [0.2, 0.25) is 0 Å². The molecule has 4 rings (SSSR count). The Morgan fingerprint density at radius 1 is 1.10 bits per heavy atom. The SMILES string of the molecule is COC(=O)c1ccnc(C#Cc2c3cccc(N(C)c4ccccc4)c3nn2C)c1N. The van der Waals surface area contributed by atoms with E-state index in [4.69, 9.17) is 15.6 Å². The summed E-state index contributed by atoms with van der Waals surface area (Å²) in [5.74, 6) is 5.57. The van der Waals surface area contributed by atoms with Gasteiger partial charge in [-0.05, 0) is 42.2 Å². The van der Waals surface area contributed by atoms with Crippen LogP contribution in [0, 0.1) is 11.8 Å². The number of nitrogens with two attached hydrogens (primary N) is 1. The van der Waals surface area contributed by atoms with E-state index in [0.29, 0.717) is 5.69 Å². The first-order valence-corrected chi connectivity index (χ1v) is 9.60. The number of aromatic nitrogens is 3. The topological polar surface area (TPSA) is 86.3 Å². The number of pyridine rings is 1. The molecule has 0 aliphatic carbocycles. The van der Waals surface area contributed by atoms with Crippen molar-refractivity contribution in [3.8, 4) is 11.8 Å². The molecule has 0 unspecified atom stereocenters. The van der Waals surface area contributed by atoms with Crippen molar-refractivity contribution in [2.24, 2.45) is 7.05 Å². The third kappa shape index (κ3) is 3.67. The van der Waals surface area contributed by atoms with Crippen LogP contribution in [0.4, 0.5) is 17.1 Å². The van der Waals surface area contributed by atoms with Crippen LogP contribution in [0.3, 0.4) is 0 Å². The number of anilines is 3. The number of rotatable bonds is 3. The summed E-state index contributed by atoms with van der Waals surface area (Å²) in [5.41, 5.74) is 10.4. The highest BCUT2D eigenvalue weighted by molar-refractivity contribution is 5.97. The average molecular weight is 411 g/mol. The number of aryl methyl sites for hydroxylation is 1. The molecule has 7 heteroatoms. The molecule has 0 bridgehead atoms. The van der Waals surface area contributed by atoms with Crippen molar-refractivity contribution in [2.75, 3.05) is 24.8 Å². The normalized spacial score (nSPS) is 10.4. The van der Waals surface area contributed by atoms with Crippen LogP contribution in [0.1, 0.15) is 21.7 Å². The van der Waals surface area contributed by atoms with E-state index < -0.39 is 5.97 Å². The monoisotopic (exact) mass is 411 g/mol. The van der Waals surface area contributed by atoms with Gasteiger partial charge >= 0.3 is 5.97 Å². The van der Waals surface area contributed by atoms with Crippen molar-refractivity contribution < 1.29 is 9.53 Å². The molecule has 7 nitrogen and oxygen atoms in total. The molecule has 0 radical (unpaired) electrons. The van der Waals surface area contributed by atoms with Gasteiger partial charge in [-0.15, -0.1) is 0 Å². The fourth-order valence-corrected chi connectivity index (χ4v) is 3.39. The van der Waals surface area contributed by atoms with Crippen LogP contribution in [0.25, 0.3) is 10.9 Å². The fraction of sp³-hybridized carbons (Fsp3) is 0.125. The second kappa shape index (κ2) is 8.20. The lowest BCUT2D eigenvalue weighted by Crippen LogP contribution is -2.09. The Kier molecular flexibility index (Phi) is 5.29. The van der Waals surface area contributed by atoms with Crippen molar-refractivity contribution >= 4 is 33.9 Å². The highest BCUT2D eigenvalue weighted by Gasteiger charge is 2.15. The summed E-state index contributed by atoms with van der Waals surface area (Å²) in [6.07, 6.45) is 1.49. The molecule has 0 aliphatic heterocycles. The van der Waals surface area contributed by atoms with Gasteiger partial charge in [-0.3, -0.25) is 4.68 Å². The first-order valence-electron chi connectivity index (χ1n) is 9.60. The maximum Gasteiger partial charge on any atom is 0.340 e. The number of methoxy groups -OCH3 is 1. The van der Waals surface area contributed by atoms with Crippen LogP contribution in [0.15, 0.2) is 60.8 Å². The number of hydrogen-bond acceptors (Lipinski definition) is 6. The number of nitrogens with zero attached hydrogens (tertiary/aromatic N) is 4. The van der Waals surface area contributed by atoms with Crippen molar-refractivity contribution in [3.05, 3.63) is 77.7 Å². The van der Waals surface area contributed by atoms with E-state index in [0.717, 1.165) is 28.0 Å². The van der Waals surface area contributed by atoms with Gasteiger partial charge in [0.1, 0.15) is 16.9 Å². The third-order valence-electron chi connectivity index (χ3n) is 5.04. The number of fused-ring (bicyclic) bond motifs is 1. The maximum atomic E-state index is 11.9. The third-order valence-corrected chi connectivity index (χ3v) is 5.04. The van der Waals surface area contributed by atoms with E-state index in [1.54, 1.807) is 4.68 Å². The number of nitrogen functional groups attached to an aromatic ring is 1. The zero-order valence-corrected chi connectivity index (χ0v) is 17.5. The Hall–Kier alpha value is -4.31. The molecule has 0 saturated carbocycles. The van der Waals surface area contributed by atoms with Crippen molar-refractivity contribution in [1.82, 2.24) is 14.8 Å². The summed E-state index contributed by atoms with van der Waals surface area (Å²) in [6, 6.07) is 17.6. The standard InChI is InChI=1S/C24H21N5O2/c1-28(16-8-5-4-6-9-16)21-11-7-10-17-20(29(2)27-23(17)21)13-12-19-22(25)18(14-15-26-19)24(30)31-3/h4-11,14-15H,25H2,1-3H3. The van der Waals surface area contributed by atoms with Gasteiger partial charge in [-0.25, -0.2) is 9.78 Å². The summed E-state index contributed by atoms with van der Waals surface area (Å²) < 4.78 is 6.49. The van der Waals surface area contributed by atoms with E-state index >= 15 is 0 Å². The maximum absolute atomic E-state index is 11.9. The Bertz CT molecular complexity index is 1330. The molecule has 0 saturated heterocycles.